The Balaban J connectivity index is 2.05. The summed E-state index contributed by atoms with van der Waals surface area (Å²) >= 11 is 0. The molecule has 4 nitrogen and oxygen atoms in total. The van der Waals surface area contributed by atoms with Crippen molar-refractivity contribution in [2.75, 3.05) is 7.11 Å². The van der Waals surface area contributed by atoms with E-state index in [9.17, 15) is 0 Å². The molecule has 1 N–H and O–H groups in total. The maximum absolute atomic E-state index is 8.88. The van der Waals surface area contributed by atoms with Crippen molar-refractivity contribution in [1.29, 1.82) is 5.26 Å². The fraction of sp³-hybridized carbons (Fsp3) is 0.312. The normalized spacial score (nSPS) is 11.9. The van der Waals surface area contributed by atoms with Gasteiger partial charge in [-0.25, -0.2) is 0 Å². The lowest BCUT2D eigenvalue weighted by Crippen LogP contribution is -2.18. The molecule has 0 fully saturated rings. The van der Waals surface area contributed by atoms with Crippen LogP contribution in [-0.2, 0) is 6.54 Å². The highest BCUT2D eigenvalue weighted by Crippen LogP contribution is 2.22. The van der Waals surface area contributed by atoms with Crippen LogP contribution in [0.1, 0.15) is 35.6 Å². The third-order valence-corrected chi connectivity index (χ3v) is 3.20. The number of ether oxygens (including phenoxy) is 1. The van der Waals surface area contributed by atoms with Crippen LogP contribution in [0, 0.1) is 18.3 Å². The molecule has 0 saturated carbocycles. The number of hydrogen-bond acceptors (Lipinski definition) is 4. The van der Waals surface area contributed by atoms with Gasteiger partial charge in [-0.1, -0.05) is 6.07 Å². The molecule has 0 aliphatic carbocycles. The minimum Gasteiger partial charge on any atom is -0.496 e. The van der Waals surface area contributed by atoms with E-state index in [-0.39, 0.29) is 6.04 Å². The Bertz CT molecular complexity index is 626. The Morgan fingerprint density at radius 2 is 2.15 bits per heavy atom. The number of methoxy groups -OCH3 is 1. The molecule has 1 aromatic carbocycles. The Kier molecular flexibility index (Phi) is 4.44. The predicted molar refractivity (Wildman–Crippen MR) is 76.4 cm³/mol. The molecule has 2 aromatic rings. The number of nitriles is 1. The number of rotatable bonds is 5. The van der Waals surface area contributed by atoms with E-state index in [2.05, 4.69) is 11.4 Å². The summed E-state index contributed by atoms with van der Waals surface area (Å²) in [5, 5.41) is 12.3. The van der Waals surface area contributed by atoms with Gasteiger partial charge in [0.2, 0.25) is 0 Å². The van der Waals surface area contributed by atoms with Crippen molar-refractivity contribution in [3.63, 3.8) is 0 Å². The Labute approximate surface area is 119 Å². The summed E-state index contributed by atoms with van der Waals surface area (Å²) in [6, 6.07) is 11.6. The van der Waals surface area contributed by atoms with Gasteiger partial charge < -0.3 is 14.5 Å². The van der Waals surface area contributed by atoms with E-state index in [1.165, 1.54) is 0 Å². The Hall–Kier alpha value is -2.25. The van der Waals surface area contributed by atoms with E-state index < -0.39 is 0 Å². The zero-order chi connectivity index (χ0) is 14.5. The summed E-state index contributed by atoms with van der Waals surface area (Å²) in [5.41, 5.74) is 1.61. The molecule has 104 valence electrons. The number of nitrogens with one attached hydrogen (secondary N) is 1. The average molecular weight is 270 g/mol. The van der Waals surface area contributed by atoms with Crippen LogP contribution in [0.2, 0.25) is 0 Å². The van der Waals surface area contributed by atoms with Crippen LogP contribution >= 0.6 is 0 Å². The molecule has 0 aliphatic rings. The number of furan rings is 1. The summed E-state index contributed by atoms with van der Waals surface area (Å²) < 4.78 is 10.9. The van der Waals surface area contributed by atoms with Gasteiger partial charge >= 0.3 is 0 Å². The molecule has 4 heteroatoms. The third kappa shape index (κ3) is 3.19. The van der Waals surface area contributed by atoms with Crippen LogP contribution in [0.3, 0.4) is 0 Å². The van der Waals surface area contributed by atoms with Crippen molar-refractivity contribution in [3.05, 3.63) is 53.0 Å². The minimum atomic E-state index is 0.115. The summed E-state index contributed by atoms with van der Waals surface area (Å²) in [5.74, 6) is 2.54. The van der Waals surface area contributed by atoms with Gasteiger partial charge in [0.1, 0.15) is 17.3 Å². The Morgan fingerprint density at radius 1 is 1.35 bits per heavy atom. The highest BCUT2D eigenvalue weighted by molar-refractivity contribution is 5.42. The molecule has 1 atom stereocenters. The van der Waals surface area contributed by atoms with E-state index in [0.29, 0.717) is 12.1 Å². The maximum atomic E-state index is 8.88. The highest BCUT2D eigenvalue weighted by Gasteiger charge is 2.11. The lowest BCUT2D eigenvalue weighted by molar-refractivity contribution is 0.395. The van der Waals surface area contributed by atoms with Gasteiger partial charge in [0, 0.05) is 12.1 Å². The lowest BCUT2D eigenvalue weighted by Gasteiger charge is -2.14. The second-order valence-electron chi connectivity index (χ2n) is 4.69. The zero-order valence-electron chi connectivity index (χ0n) is 11.9. The van der Waals surface area contributed by atoms with E-state index in [1.54, 1.807) is 19.2 Å². The SMILES string of the molecule is COc1cc(C#N)ccc1CN[C@H](C)c1ccc(C)o1. The van der Waals surface area contributed by atoms with E-state index in [1.807, 2.05) is 32.0 Å². The van der Waals surface area contributed by atoms with Gasteiger partial charge in [0.15, 0.2) is 0 Å². The maximum Gasteiger partial charge on any atom is 0.124 e. The van der Waals surface area contributed by atoms with E-state index in [4.69, 9.17) is 14.4 Å². The van der Waals surface area contributed by atoms with Gasteiger partial charge in [0.25, 0.3) is 0 Å². The average Bonchev–Trinajstić information content (AvgIpc) is 2.91. The van der Waals surface area contributed by atoms with Crippen molar-refractivity contribution >= 4 is 0 Å². The molecular weight excluding hydrogens is 252 g/mol. The molecule has 0 saturated heterocycles. The quantitative estimate of drug-likeness (QED) is 0.905. The second-order valence-corrected chi connectivity index (χ2v) is 4.69. The van der Waals surface area contributed by atoms with Gasteiger partial charge in [-0.05, 0) is 38.1 Å². The van der Waals surface area contributed by atoms with Crippen molar-refractivity contribution in [1.82, 2.24) is 5.32 Å². The predicted octanol–water partition coefficient (Wildman–Crippen LogP) is 3.32. The molecular formula is C16H18N2O2. The summed E-state index contributed by atoms with van der Waals surface area (Å²) in [7, 11) is 1.61. The molecule has 2 rings (SSSR count). The molecule has 0 amide bonds. The first-order valence-corrected chi connectivity index (χ1v) is 6.50. The largest absolute Gasteiger partial charge is 0.496 e. The van der Waals surface area contributed by atoms with Gasteiger partial charge in [-0.2, -0.15) is 5.26 Å². The number of nitrogens with zero attached hydrogens (tertiary/aromatic N) is 1. The topological polar surface area (TPSA) is 58.2 Å². The van der Waals surface area contributed by atoms with Crippen molar-refractivity contribution in [2.24, 2.45) is 0 Å². The van der Waals surface area contributed by atoms with E-state index in [0.717, 1.165) is 22.8 Å². The first-order valence-electron chi connectivity index (χ1n) is 6.50. The number of hydrogen-bond donors (Lipinski definition) is 1. The molecule has 0 radical (unpaired) electrons. The summed E-state index contributed by atoms with van der Waals surface area (Å²) in [6.07, 6.45) is 0. The van der Waals surface area contributed by atoms with Crippen molar-refractivity contribution < 1.29 is 9.15 Å². The minimum absolute atomic E-state index is 0.115. The third-order valence-electron chi connectivity index (χ3n) is 3.20. The molecule has 1 heterocycles. The molecule has 0 aliphatic heterocycles. The highest BCUT2D eigenvalue weighted by atomic mass is 16.5. The molecule has 20 heavy (non-hydrogen) atoms. The van der Waals surface area contributed by atoms with Crippen LogP contribution in [0.15, 0.2) is 34.7 Å². The molecule has 1 aromatic heterocycles. The molecule has 0 spiro atoms. The van der Waals surface area contributed by atoms with Crippen molar-refractivity contribution in [3.8, 4) is 11.8 Å². The monoisotopic (exact) mass is 270 g/mol. The smallest absolute Gasteiger partial charge is 0.124 e. The lowest BCUT2D eigenvalue weighted by atomic mass is 10.1. The van der Waals surface area contributed by atoms with Crippen LogP contribution in [-0.4, -0.2) is 7.11 Å². The first-order chi connectivity index (χ1) is 9.63. The van der Waals surface area contributed by atoms with Crippen molar-refractivity contribution in [2.45, 2.75) is 26.4 Å². The summed E-state index contributed by atoms with van der Waals surface area (Å²) in [4.78, 5) is 0. The first kappa shape index (κ1) is 14.2. The standard InChI is InChI=1S/C16H18N2O2/c1-11-4-7-15(20-11)12(2)18-10-14-6-5-13(9-17)8-16(14)19-3/h4-8,12,18H,10H2,1-3H3/t12-/m1/s1. The van der Waals surface area contributed by atoms with Gasteiger partial charge in [0.05, 0.1) is 24.8 Å². The number of aryl methyl sites for hydroxylation is 1. The van der Waals surface area contributed by atoms with Crippen LogP contribution in [0.4, 0.5) is 0 Å². The fourth-order valence-corrected chi connectivity index (χ4v) is 2.01. The molecule has 0 unspecified atom stereocenters. The van der Waals surface area contributed by atoms with Crippen LogP contribution in [0.5, 0.6) is 5.75 Å². The molecule has 0 bridgehead atoms. The zero-order valence-corrected chi connectivity index (χ0v) is 11.9. The van der Waals surface area contributed by atoms with Crippen LogP contribution in [0.25, 0.3) is 0 Å². The summed E-state index contributed by atoms with van der Waals surface area (Å²) in [6.45, 7) is 4.63. The Morgan fingerprint density at radius 3 is 2.75 bits per heavy atom. The van der Waals surface area contributed by atoms with Gasteiger partial charge in [-0.3, -0.25) is 0 Å². The van der Waals surface area contributed by atoms with Crippen LogP contribution < -0.4 is 10.1 Å². The van der Waals surface area contributed by atoms with Gasteiger partial charge in [-0.15, -0.1) is 0 Å². The number of benzene rings is 1. The van der Waals surface area contributed by atoms with E-state index >= 15 is 0 Å². The fourth-order valence-electron chi connectivity index (χ4n) is 2.01. The second kappa shape index (κ2) is 6.27.